The number of hydrogen-bond acceptors (Lipinski definition) is 3. The topological polar surface area (TPSA) is 45.7 Å². The van der Waals surface area contributed by atoms with E-state index in [0.717, 1.165) is 32.0 Å². The fourth-order valence-corrected chi connectivity index (χ4v) is 3.62. The van der Waals surface area contributed by atoms with Gasteiger partial charge in [0, 0.05) is 42.4 Å². The molecule has 4 nitrogen and oxygen atoms in total. The van der Waals surface area contributed by atoms with Crippen molar-refractivity contribution in [1.29, 1.82) is 0 Å². The van der Waals surface area contributed by atoms with Gasteiger partial charge in [-0.05, 0) is 45.2 Å². The minimum atomic E-state index is 0.372. The molecule has 21 heavy (non-hydrogen) atoms. The molecule has 0 aliphatic carbocycles. The van der Waals surface area contributed by atoms with Gasteiger partial charge in [-0.1, -0.05) is 0 Å². The van der Waals surface area contributed by atoms with Crippen molar-refractivity contribution in [2.45, 2.75) is 51.7 Å². The molecule has 0 bridgehead atoms. The molecule has 0 saturated carbocycles. The zero-order chi connectivity index (χ0) is 15.1. The second-order valence-corrected chi connectivity index (χ2v) is 7.06. The Hall–Kier alpha value is -1.07. The zero-order valence-electron chi connectivity index (χ0n) is 13.3. The smallest absolute Gasteiger partial charge is 0.191 e. The van der Waals surface area contributed by atoms with Crippen molar-refractivity contribution >= 4 is 17.3 Å². The van der Waals surface area contributed by atoms with E-state index in [2.05, 4.69) is 41.6 Å². The molecule has 0 spiro atoms. The van der Waals surface area contributed by atoms with Gasteiger partial charge in [0.2, 0.25) is 0 Å². The van der Waals surface area contributed by atoms with Crippen LogP contribution in [-0.2, 0) is 11.2 Å². The van der Waals surface area contributed by atoms with Crippen molar-refractivity contribution in [2.75, 3.05) is 20.2 Å². The summed E-state index contributed by atoms with van der Waals surface area (Å²) in [5.41, 5.74) is 0. The minimum Gasteiger partial charge on any atom is -0.378 e. The molecule has 2 unspecified atom stereocenters. The van der Waals surface area contributed by atoms with Crippen molar-refractivity contribution < 1.29 is 4.74 Å². The van der Waals surface area contributed by atoms with Crippen LogP contribution >= 0.6 is 11.3 Å². The van der Waals surface area contributed by atoms with Gasteiger partial charge in [0.1, 0.15) is 0 Å². The van der Waals surface area contributed by atoms with Crippen molar-refractivity contribution in [2.24, 2.45) is 4.99 Å². The highest BCUT2D eigenvalue weighted by molar-refractivity contribution is 7.11. The first-order chi connectivity index (χ1) is 10.2. The van der Waals surface area contributed by atoms with E-state index in [1.165, 1.54) is 22.6 Å². The summed E-state index contributed by atoms with van der Waals surface area (Å²) in [7, 11) is 1.82. The third kappa shape index (κ3) is 5.67. The van der Waals surface area contributed by atoms with Gasteiger partial charge >= 0.3 is 0 Å². The van der Waals surface area contributed by atoms with Gasteiger partial charge < -0.3 is 15.4 Å². The summed E-state index contributed by atoms with van der Waals surface area (Å²) in [4.78, 5) is 7.09. The number of thiophene rings is 1. The molecule has 2 heterocycles. The molecule has 1 aliphatic rings. The summed E-state index contributed by atoms with van der Waals surface area (Å²) in [6.07, 6.45) is 4.92. The maximum absolute atomic E-state index is 5.63. The van der Waals surface area contributed by atoms with Crippen LogP contribution < -0.4 is 10.6 Å². The summed E-state index contributed by atoms with van der Waals surface area (Å²) in [6, 6.07) is 4.77. The second-order valence-electron chi connectivity index (χ2n) is 5.68. The number of nitrogens with zero attached hydrogens (tertiary/aromatic N) is 1. The van der Waals surface area contributed by atoms with E-state index in [0.29, 0.717) is 12.1 Å². The van der Waals surface area contributed by atoms with Gasteiger partial charge in [0.15, 0.2) is 5.96 Å². The first kappa shape index (κ1) is 16.3. The van der Waals surface area contributed by atoms with Crippen LogP contribution in [0.15, 0.2) is 17.1 Å². The summed E-state index contributed by atoms with van der Waals surface area (Å²) >= 11 is 1.87. The Morgan fingerprint density at radius 1 is 1.52 bits per heavy atom. The van der Waals surface area contributed by atoms with E-state index >= 15 is 0 Å². The molecule has 118 valence electrons. The first-order valence-corrected chi connectivity index (χ1v) is 8.63. The third-order valence-electron chi connectivity index (χ3n) is 3.69. The van der Waals surface area contributed by atoms with E-state index in [1.807, 2.05) is 18.4 Å². The molecule has 0 aromatic carbocycles. The Labute approximate surface area is 132 Å². The molecule has 2 N–H and O–H groups in total. The Morgan fingerprint density at radius 3 is 3.00 bits per heavy atom. The molecule has 1 fully saturated rings. The highest BCUT2D eigenvalue weighted by atomic mass is 32.1. The van der Waals surface area contributed by atoms with Crippen LogP contribution in [0.1, 0.15) is 35.9 Å². The van der Waals surface area contributed by atoms with Gasteiger partial charge in [-0.25, -0.2) is 0 Å². The quantitative estimate of drug-likeness (QED) is 0.627. The number of rotatable bonds is 6. The fraction of sp³-hybridized carbons (Fsp3) is 0.688. The monoisotopic (exact) mass is 309 g/mol. The number of hydrogen-bond donors (Lipinski definition) is 2. The summed E-state index contributed by atoms with van der Waals surface area (Å²) in [5, 5.41) is 6.84. The lowest BCUT2D eigenvalue weighted by Crippen LogP contribution is -2.43. The lowest BCUT2D eigenvalue weighted by molar-refractivity contribution is 0.105. The SMILES string of the molecule is CN=C(NCCC1CCCO1)NC(C)Cc1ccc(C)s1. The van der Waals surface area contributed by atoms with Crippen LogP contribution in [0.5, 0.6) is 0 Å². The van der Waals surface area contributed by atoms with E-state index in [9.17, 15) is 0 Å². The molecule has 5 heteroatoms. The Balaban J connectivity index is 1.68. The van der Waals surface area contributed by atoms with Gasteiger partial charge in [-0.15, -0.1) is 11.3 Å². The molecular formula is C16H27N3OS. The third-order valence-corrected chi connectivity index (χ3v) is 4.72. The molecule has 1 aromatic heterocycles. The summed E-state index contributed by atoms with van der Waals surface area (Å²) in [5.74, 6) is 0.883. The molecule has 1 aromatic rings. The maximum Gasteiger partial charge on any atom is 0.191 e. The molecular weight excluding hydrogens is 282 g/mol. The number of aliphatic imine (C=N–C) groups is 1. The van der Waals surface area contributed by atoms with Gasteiger partial charge in [0.05, 0.1) is 6.10 Å². The fourth-order valence-electron chi connectivity index (χ4n) is 2.60. The first-order valence-electron chi connectivity index (χ1n) is 7.81. The standard InChI is InChI=1S/C16H27N3OS/c1-12(11-15-7-6-13(2)21-15)19-16(17-3)18-9-8-14-5-4-10-20-14/h6-7,12,14H,4-5,8-11H2,1-3H3,(H2,17,18,19). The van der Waals surface area contributed by atoms with Gasteiger partial charge in [0.25, 0.3) is 0 Å². The van der Waals surface area contributed by atoms with Crippen molar-refractivity contribution in [1.82, 2.24) is 10.6 Å². The summed E-state index contributed by atoms with van der Waals surface area (Å²) < 4.78 is 5.63. The van der Waals surface area contributed by atoms with Crippen molar-refractivity contribution in [3.05, 3.63) is 21.9 Å². The van der Waals surface area contributed by atoms with Crippen molar-refractivity contribution in [3.8, 4) is 0 Å². The molecule has 1 saturated heterocycles. The van der Waals surface area contributed by atoms with E-state index < -0.39 is 0 Å². The van der Waals surface area contributed by atoms with E-state index in [4.69, 9.17) is 4.74 Å². The highest BCUT2D eigenvalue weighted by Gasteiger charge is 2.15. The predicted octanol–water partition coefficient (Wildman–Crippen LogP) is 2.72. The van der Waals surface area contributed by atoms with Crippen LogP contribution in [-0.4, -0.2) is 38.3 Å². The van der Waals surface area contributed by atoms with Crippen LogP contribution in [0, 0.1) is 6.92 Å². The second kappa shape index (κ2) is 8.39. The molecule has 2 atom stereocenters. The molecule has 1 aliphatic heterocycles. The van der Waals surface area contributed by atoms with Crippen LogP contribution in [0.2, 0.25) is 0 Å². The average molecular weight is 309 g/mol. The zero-order valence-corrected chi connectivity index (χ0v) is 14.1. The number of ether oxygens (including phenoxy) is 1. The maximum atomic E-state index is 5.63. The Kier molecular flexibility index (Phi) is 6.51. The van der Waals surface area contributed by atoms with Crippen LogP contribution in [0.4, 0.5) is 0 Å². The largest absolute Gasteiger partial charge is 0.378 e. The predicted molar refractivity (Wildman–Crippen MR) is 90.3 cm³/mol. The van der Waals surface area contributed by atoms with Crippen LogP contribution in [0.25, 0.3) is 0 Å². The Bertz CT molecular complexity index is 452. The van der Waals surface area contributed by atoms with Crippen LogP contribution in [0.3, 0.4) is 0 Å². The number of nitrogens with one attached hydrogen (secondary N) is 2. The number of guanidine groups is 1. The highest BCUT2D eigenvalue weighted by Crippen LogP contribution is 2.16. The van der Waals surface area contributed by atoms with Crippen molar-refractivity contribution in [3.63, 3.8) is 0 Å². The molecule has 2 rings (SSSR count). The molecule has 0 radical (unpaired) electrons. The normalized spacial score (nSPS) is 20.5. The minimum absolute atomic E-state index is 0.372. The van der Waals surface area contributed by atoms with Gasteiger partial charge in [-0.2, -0.15) is 0 Å². The lowest BCUT2D eigenvalue weighted by atomic mass is 10.2. The molecule has 0 amide bonds. The van der Waals surface area contributed by atoms with E-state index in [-0.39, 0.29) is 0 Å². The average Bonchev–Trinajstić information content (AvgIpc) is 3.09. The lowest BCUT2D eigenvalue weighted by Gasteiger charge is -2.18. The summed E-state index contributed by atoms with van der Waals surface area (Å²) in [6.45, 7) is 6.18. The van der Waals surface area contributed by atoms with E-state index in [1.54, 1.807) is 0 Å². The Morgan fingerprint density at radius 2 is 2.38 bits per heavy atom. The van der Waals surface area contributed by atoms with Gasteiger partial charge in [-0.3, -0.25) is 4.99 Å². The number of aryl methyl sites for hydroxylation is 1.